The highest BCUT2D eigenvalue weighted by Gasteiger charge is 2.16. The second-order valence-corrected chi connectivity index (χ2v) is 7.11. The van der Waals surface area contributed by atoms with Crippen molar-refractivity contribution in [1.29, 1.82) is 0 Å². The highest BCUT2D eigenvalue weighted by Crippen LogP contribution is 2.33. The maximum Gasteiger partial charge on any atom is 0.178 e. The first kappa shape index (κ1) is 16.6. The third kappa shape index (κ3) is 3.03. The molecular weight excluding hydrogens is 351 g/mol. The second-order valence-electron chi connectivity index (χ2n) is 6.08. The number of thiazole rings is 1. The van der Waals surface area contributed by atoms with E-state index in [1.165, 1.54) is 12.1 Å². The lowest BCUT2D eigenvalue weighted by molar-refractivity contribution is 0.628. The van der Waals surface area contributed by atoms with Crippen molar-refractivity contribution in [3.05, 3.63) is 58.6 Å². The Morgan fingerprint density at radius 1 is 1.08 bits per heavy atom. The van der Waals surface area contributed by atoms with Gasteiger partial charge < -0.3 is 5.32 Å². The first-order chi connectivity index (χ1) is 12.5. The molecule has 3 aromatic heterocycles. The number of nitrogens with one attached hydrogen (secondary N) is 1. The van der Waals surface area contributed by atoms with E-state index in [1.54, 1.807) is 28.0 Å². The number of nitrogens with zero attached hydrogens (tertiary/aromatic N) is 5. The maximum absolute atomic E-state index is 13.1. The molecule has 4 aromatic rings. The van der Waals surface area contributed by atoms with Crippen LogP contribution < -0.4 is 5.32 Å². The van der Waals surface area contributed by atoms with Gasteiger partial charge in [-0.05, 0) is 57.2 Å². The summed E-state index contributed by atoms with van der Waals surface area (Å²) in [5.74, 6) is 1.23. The number of hydrogen-bond acceptors (Lipinski definition) is 6. The van der Waals surface area contributed by atoms with E-state index in [-0.39, 0.29) is 11.9 Å². The molecule has 4 rings (SSSR count). The van der Waals surface area contributed by atoms with Gasteiger partial charge in [0, 0.05) is 10.4 Å². The molecule has 0 aliphatic rings. The van der Waals surface area contributed by atoms with Crippen molar-refractivity contribution >= 4 is 22.8 Å². The first-order valence-corrected chi connectivity index (χ1v) is 9.02. The fraction of sp³-hybridized carbons (Fsp3) is 0.222. The molecule has 0 amide bonds. The van der Waals surface area contributed by atoms with Crippen molar-refractivity contribution < 1.29 is 4.39 Å². The molecule has 1 atom stereocenters. The van der Waals surface area contributed by atoms with Crippen LogP contribution >= 0.6 is 11.3 Å². The minimum atomic E-state index is -0.247. The van der Waals surface area contributed by atoms with E-state index in [4.69, 9.17) is 0 Å². The van der Waals surface area contributed by atoms with E-state index in [2.05, 4.69) is 32.5 Å². The Morgan fingerprint density at radius 2 is 1.85 bits per heavy atom. The molecule has 1 N–H and O–H groups in total. The minimum Gasteiger partial charge on any atom is -0.361 e. The molecule has 0 bridgehead atoms. The number of hydrogen-bond donors (Lipinski definition) is 1. The van der Waals surface area contributed by atoms with Crippen LogP contribution in [0.25, 0.3) is 16.2 Å². The average Bonchev–Trinajstić information content (AvgIpc) is 3.19. The van der Waals surface area contributed by atoms with Crippen LogP contribution in [0.5, 0.6) is 0 Å². The largest absolute Gasteiger partial charge is 0.361 e. The Morgan fingerprint density at radius 3 is 2.62 bits per heavy atom. The molecule has 0 spiro atoms. The van der Waals surface area contributed by atoms with Crippen LogP contribution in [0.15, 0.2) is 36.4 Å². The molecule has 1 aromatic carbocycles. The molecule has 0 saturated heterocycles. The van der Waals surface area contributed by atoms with Gasteiger partial charge in [0.2, 0.25) is 0 Å². The van der Waals surface area contributed by atoms with Gasteiger partial charge in [-0.2, -0.15) is 4.52 Å². The van der Waals surface area contributed by atoms with Crippen LogP contribution in [0.2, 0.25) is 0 Å². The second kappa shape index (κ2) is 6.45. The van der Waals surface area contributed by atoms with Crippen LogP contribution in [0.3, 0.4) is 0 Å². The van der Waals surface area contributed by atoms with Crippen LogP contribution in [0.4, 0.5) is 10.2 Å². The fourth-order valence-electron chi connectivity index (χ4n) is 2.79. The van der Waals surface area contributed by atoms with Gasteiger partial charge in [-0.15, -0.1) is 26.6 Å². The topological polar surface area (TPSA) is 68.0 Å². The van der Waals surface area contributed by atoms with Gasteiger partial charge in [0.15, 0.2) is 11.5 Å². The third-order valence-corrected chi connectivity index (χ3v) is 5.49. The zero-order valence-corrected chi connectivity index (χ0v) is 15.4. The van der Waals surface area contributed by atoms with Crippen LogP contribution in [0.1, 0.15) is 29.4 Å². The van der Waals surface area contributed by atoms with E-state index < -0.39 is 0 Å². The lowest BCUT2D eigenvalue weighted by Gasteiger charge is -2.13. The molecule has 0 saturated carbocycles. The summed E-state index contributed by atoms with van der Waals surface area (Å²) in [5, 5.41) is 16.9. The molecule has 0 radical (unpaired) electrons. The number of benzene rings is 1. The fourth-order valence-corrected chi connectivity index (χ4v) is 3.86. The number of rotatable bonds is 4. The van der Waals surface area contributed by atoms with Gasteiger partial charge in [0.1, 0.15) is 16.6 Å². The predicted molar refractivity (Wildman–Crippen MR) is 99.8 cm³/mol. The zero-order valence-electron chi connectivity index (χ0n) is 14.6. The van der Waals surface area contributed by atoms with E-state index in [0.29, 0.717) is 5.65 Å². The van der Waals surface area contributed by atoms with Crippen molar-refractivity contribution in [3.8, 4) is 10.6 Å². The summed E-state index contributed by atoms with van der Waals surface area (Å²) in [6.45, 7) is 5.92. The van der Waals surface area contributed by atoms with E-state index in [9.17, 15) is 4.39 Å². The average molecular weight is 368 g/mol. The number of anilines is 1. The Labute approximate surface area is 153 Å². The molecular formula is C18H17FN6S. The van der Waals surface area contributed by atoms with Gasteiger partial charge in [-0.1, -0.05) is 0 Å². The summed E-state index contributed by atoms with van der Waals surface area (Å²) >= 11 is 1.60. The van der Waals surface area contributed by atoms with E-state index >= 15 is 0 Å². The van der Waals surface area contributed by atoms with Crippen molar-refractivity contribution in [2.45, 2.75) is 26.8 Å². The standard InChI is InChI=1S/C18H17FN6S/c1-10(20-15-8-9-16-23-22-12(3)25(16)24-15)17-11(2)21-18(26-17)13-4-6-14(19)7-5-13/h4-10H,1-3H3,(H,20,24). The van der Waals surface area contributed by atoms with Crippen LogP contribution in [-0.2, 0) is 0 Å². The van der Waals surface area contributed by atoms with Gasteiger partial charge in [0.25, 0.3) is 0 Å². The predicted octanol–water partition coefficient (Wildman–Crippen LogP) is 4.18. The van der Waals surface area contributed by atoms with Crippen LogP contribution in [-0.4, -0.2) is 24.8 Å². The Balaban J connectivity index is 1.60. The van der Waals surface area contributed by atoms with Crippen molar-refractivity contribution in [1.82, 2.24) is 24.8 Å². The SMILES string of the molecule is Cc1nc(-c2ccc(F)cc2)sc1C(C)Nc1ccc2nnc(C)n2n1. The normalized spacial score (nSPS) is 12.5. The quantitative estimate of drug-likeness (QED) is 0.585. The molecule has 0 fully saturated rings. The summed E-state index contributed by atoms with van der Waals surface area (Å²) in [6, 6.07) is 10.2. The lowest BCUT2D eigenvalue weighted by Crippen LogP contribution is -2.09. The minimum absolute atomic E-state index is 0.0310. The van der Waals surface area contributed by atoms with E-state index in [0.717, 1.165) is 32.8 Å². The van der Waals surface area contributed by atoms with Crippen molar-refractivity contribution in [2.75, 3.05) is 5.32 Å². The number of fused-ring (bicyclic) bond motifs is 1. The Kier molecular flexibility index (Phi) is 4.12. The van der Waals surface area contributed by atoms with Gasteiger partial charge in [-0.25, -0.2) is 9.37 Å². The lowest BCUT2D eigenvalue weighted by atomic mass is 10.2. The molecule has 8 heteroatoms. The maximum atomic E-state index is 13.1. The molecule has 0 aliphatic carbocycles. The first-order valence-electron chi connectivity index (χ1n) is 8.20. The van der Waals surface area contributed by atoms with Crippen molar-refractivity contribution in [3.63, 3.8) is 0 Å². The summed E-state index contributed by atoms with van der Waals surface area (Å²) < 4.78 is 14.8. The van der Waals surface area contributed by atoms with Gasteiger partial charge in [0.05, 0.1) is 11.7 Å². The Bertz CT molecular complexity index is 1070. The molecule has 1 unspecified atom stereocenters. The highest BCUT2D eigenvalue weighted by molar-refractivity contribution is 7.15. The molecule has 6 nitrogen and oxygen atoms in total. The summed E-state index contributed by atoms with van der Waals surface area (Å²) in [6.07, 6.45) is 0. The van der Waals surface area contributed by atoms with Gasteiger partial charge in [-0.3, -0.25) is 0 Å². The number of halogens is 1. The summed E-state index contributed by atoms with van der Waals surface area (Å²) in [4.78, 5) is 5.76. The molecule has 0 aliphatic heterocycles. The molecule has 132 valence electrons. The molecule has 26 heavy (non-hydrogen) atoms. The Hall–Kier alpha value is -2.87. The molecule has 3 heterocycles. The number of aromatic nitrogens is 5. The smallest absolute Gasteiger partial charge is 0.178 e. The number of aryl methyl sites for hydroxylation is 2. The zero-order chi connectivity index (χ0) is 18.3. The van der Waals surface area contributed by atoms with Crippen LogP contribution in [0, 0.1) is 19.7 Å². The summed E-state index contributed by atoms with van der Waals surface area (Å²) in [5.41, 5.74) is 2.58. The highest BCUT2D eigenvalue weighted by atomic mass is 32.1. The summed E-state index contributed by atoms with van der Waals surface area (Å²) in [7, 11) is 0. The monoisotopic (exact) mass is 368 g/mol. The third-order valence-electron chi connectivity index (χ3n) is 4.10. The van der Waals surface area contributed by atoms with Crippen molar-refractivity contribution in [2.24, 2.45) is 0 Å². The van der Waals surface area contributed by atoms with Gasteiger partial charge >= 0.3 is 0 Å². The van der Waals surface area contributed by atoms with E-state index in [1.807, 2.05) is 26.0 Å².